The van der Waals surface area contributed by atoms with Gasteiger partial charge in [0, 0.05) is 17.6 Å². The molecule has 2 rings (SSSR count). The molecule has 0 saturated carbocycles. The van der Waals surface area contributed by atoms with Crippen LogP contribution in [0.4, 0.5) is 0 Å². The first-order valence-corrected chi connectivity index (χ1v) is 10.6. The molecule has 0 saturated heterocycles. The van der Waals surface area contributed by atoms with Gasteiger partial charge < -0.3 is 10.2 Å². The number of benzene rings is 2. The number of hydrogen-bond donors (Lipinski definition) is 1. The number of hydrogen-bond acceptors (Lipinski definition) is 2. The minimum atomic E-state index is -0.534. The second-order valence-electron chi connectivity index (χ2n) is 7.13. The Bertz CT molecular complexity index is 789. The molecule has 150 valence electrons. The van der Waals surface area contributed by atoms with E-state index >= 15 is 0 Å². The van der Waals surface area contributed by atoms with E-state index < -0.39 is 6.04 Å². The van der Waals surface area contributed by atoms with Gasteiger partial charge in [0.05, 0.1) is 6.42 Å². The molecule has 0 fully saturated rings. The van der Waals surface area contributed by atoms with Gasteiger partial charge in [0.1, 0.15) is 6.04 Å². The highest BCUT2D eigenvalue weighted by Gasteiger charge is 2.26. The highest BCUT2D eigenvalue weighted by Crippen LogP contribution is 2.16. The number of nitrogens with one attached hydrogen (secondary N) is 1. The van der Waals surface area contributed by atoms with Gasteiger partial charge in [0.15, 0.2) is 0 Å². The summed E-state index contributed by atoms with van der Waals surface area (Å²) in [5.74, 6) is -0.164. The zero-order valence-electron chi connectivity index (χ0n) is 16.9. The average molecular weight is 445 g/mol. The third-order valence-corrected chi connectivity index (χ3v) is 5.21. The second kappa shape index (κ2) is 11.0. The first-order valence-electron chi connectivity index (χ1n) is 9.78. The number of nitrogens with zero attached hydrogens (tertiary/aromatic N) is 1. The van der Waals surface area contributed by atoms with Crippen molar-refractivity contribution >= 4 is 27.7 Å². The lowest BCUT2D eigenvalue weighted by molar-refractivity contribution is -0.140. The lowest BCUT2D eigenvalue weighted by Crippen LogP contribution is -2.48. The van der Waals surface area contributed by atoms with Crippen LogP contribution in [0, 0.1) is 6.92 Å². The van der Waals surface area contributed by atoms with Crippen molar-refractivity contribution in [2.45, 2.75) is 52.6 Å². The minimum absolute atomic E-state index is 0.0537. The van der Waals surface area contributed by atoms with Crippen molar-refractivity contribution in [1.82, 2.24) is 10.2 Å². The smallest absolute Gasteiger partial charge is 0.242 e. The predicted octanol–water partition coefficient (Wildman–Crippen LogP) is 4.63. The molecule has 1 N–H and O–H groups in total. The number of halogens is 1. The van der Waals surface area contributed by atoms with Crippen molar-refractivity contribution in [1.29, 1.82) is 0 Å². The first kappa shape index (κ1) is 22.2. The Morgan fingerprint density at radius 2 is 1.82 bits per heavy atom. The van der Waals surface area contributed by atoms with Gasteiger partial charge in [-0.3, -0.25) is 9.59 Å². The Labute approximate surface area is 176 Å². The molecule has 0 spiro atoms. The second-order valence-corrected chi connectivity index (χ2v) is 8.05. The largest absolute Gasteiger partial charge is 0.354 e. The van der Waals surface area contributed by atoms with Gasteiger partial charge in [-0.2, -0.15) is 0 Å². The molecule has 0 unspecified atom stereocenters. The average Bonchev–Trinajstić information content (AvgIpc) is 2.67. The maximum absolute atomic E-state index is 13.1. The van der Waals surface area contributed by atoms with E-state index in [-0.39, 0.29) is 18.2 Å². The molecule has 28 heavy (non-hydrogen) atoms. The lowest BCUT2D eigenvalue weighted by Gasteiger charge is -2.29. The minimum Gasteiger partial charge on any atom is -0.354 e. The Balaban J connectivity index is 2.17. The van der Waals surface area contributed by atoms with E-state index in [0.29, 0.717) is 13.1 Å². The molecule has 0 bridgehead atoms. The SMILES string of the molecule is CCCCNC(=O)[C@@H](C)N(Cc1cccc(Br)c1)C(=O)Cc1ccc(C)cc1. The Morgan fingerprint density at radius 3 is 2.46 bits per heavy atom. The fourth-order valence-corrected chi connectivity index (χ4v) is 3.38. The van der Waals surface area contributed by atoms with E-state index in [2.05, 4.69) is 28.2 Å². The van der Waals surface area contributed by atoms with Gasteiger partial charge in [0.25, 0.3) is 0 Å². The Kier molecular flexibility index (Phi) is 8.71. The monoisotopic (exact) mass is 444 g/mol. The molecule has 0 aliphatic heterocycles. The van der Waals surface area contributed by atoms with Gasteiger partial charge in [0.2, 0.25) is 11.8 Å². The van der Waals surface area contributed by atoms with Gasteiger partial charge >= 0.3 is 0 Å². The van der Waals surface area contributed by atoms with Crippen LogP contribution in [0.15, 0.2) is 53.0 Å². The maximum atomic E-state index is 13.1. The van der Waals surface area contributed by atoms with E-state index in [9.17, 15) is 9.59 Å². The molecule has 5 heteroatoms. The number of rotatable bonds is 9. The molecule has 4 nitrogen and oxygen atoms in total. The summed E-state index contributed by atoms with van der Waals surface area (Å²) in [7, 11) is 0. The summed E-state index contributed by atoms with van der Waals surface area (Å²) in [5.41, 5.74) is 3.10. The van der Waals surface area contributed by atoms with Crippen molar-refractivity contribution in [2.24, 2.45) is 0 Å². The first-order chi connectivity index (χ1) is 13.4. The summed E-state index contributed by atoms with van der Waals surface area (Å²) in [4.78, 5) is 27.4. The zero-order valence-corrected chi connectivity index (χ0v) is 18.5. The predicted molar refractivity (Wildman–Crippen MR) is 117 cm³/mol. The molecule has 0 aromatic heterocycles. The van der Waals surface area contributed by atoms with Crippen LogP contribution in [0.25, 0.3) is 0 Å². The van der Waals surface area contributed by atoms with Crippen LogP contribution in [0.2, 0.25) is 0 Å². The van der Waals surface area contributed by atoms with Crippen LogP contribution in [-0.2, 0) is 22.6 Å². The van der Waals surface area contributed by atoms with Crippen LogP contribution < -0.4 is 5.32 Å². The number of carbonyl (C=O) groups excluding carboxylic acids is 2. The molecule has 1 atom stereocenters. The Morgan fingerprint density at radius 1 is 1.11 bits per heavy atom. The number of unbranched alkanes of at least 4 members (excludes halogenated alkanes) is 1. The number of carbonyl (C=O) groups is 2. The van der Waals surface area contributed by atoms with Crippen molar-refractivity contribution in [3.05, 3.63) is 69.7 Å². The number of amides is 2. The van der Waals surface area contributed by atoms with E-state index in [4.69, 9.17) is 0 Å². The summed E-state index contributed by atoms with van der Waals surface area (Å²) in [6.07, 6.45) is 2.23. The van der Waals surface area contributed by atoms with Crippen molar-refractivity contribution in [3.63, 3.8) is 0 Å². The summed E-state index contributed by atoms with van der Waals surface area (Å²) < 4.78 is 0.955. The molecule has 2 aromatic carbocycles. The van der Waals surface area contributed by atoms with E-state index in [1.54, 1.807) is 11.8 Å². The van der Waals surface area contributed by atoms with Crippen LogP contribution in [-0.4, -0.2) is 29.3 Å². The molecule has 0 aliphatic carbocycles. The summed E-state index contributed by atoms with van der Waals surface area (Å²) in [6.45, 7) is 6.93. The Hall–Kier alpha value is -2.14. The third-order valence-electron chi connectivity index (χ3n) is 4.71. The van der Waals surface area contributed by atoms with Crippen LogP contribution in [0.1, 0.15) is 43.4 Å². The van der Waals surface area contributed by atoms with Crippen molar-refractivity contribution < 1.29 is 9.59 Å². The fourth-order valence-electron chi connectivity index (χ4n) is 2.93. The normalized spacial score (nSPS) is 11.7. The standard InChI is InChI=1S/C23H29BrN2O2/c1-4-5-13-25-23(28)18(3)26(16-20-7-6-8-21(24)14-20)22(27)15-19-11-9-17(2)10-12-19/h6-12,14,18H,4-5,13,15-16H2,1-3H3,(H,25,28)/t18-/m1/s1. The van der Waals surface area contributed by atoms with E-state index in [1.807, 2.05) is 55.5 Å². The quantitative estimate of drug-likeness (QED) is 0.572. The highest BCUT2D eigenvalue weighted by molar-refractivity contribution is 9.10. The van der Waals surface area contributed by atoms with Crippen molar-refractivity contribution in [3.8, 4) is 0 Å². The topological polar surface area (TPSA) is 49.4 Å². The van der Waals surface area contributed by atoms with Crippen molar-refractivity contribution in [2.75, 3.05) is 6.54 Å². The molecule has 0 heterocycles. The molecule has 0 aliphatic rings. The summed E-state index contributed by atoms with van der Waals surface area (Å²) in [5, 5.41) is 2.95. The molecule has 0 radical (unpaired) electrons. The van der Waals surface area contributed by atoms with E-state index in [0.717, 1.165) is 34.0 Å². The number of aryl methyl sites for hydroxylation is 1. The summed E-state index contributed by atoms with van der Waals surface area (Å²) >= 11 is 3.48. The molecular weight excluding hydrogens is 416 g/mol. The molecule has 2 amide bonds. The van der Waals surface area contributed by atoms with Crippen LogP contribution in [0.3, 0.4) is 0 Å². The van der Waals surface area contributed by atoms with Gasteiger partial charge in [-0.05, 0) is 43.5 Å². The maximum Gasteiger partial charge on any atom is 0.242 e. The lowest BCUT2D eigenvalue weighted by atomic mass is 10.1. The third kappa shape index (κ3) is 6.79. The zero-order chi connectivity index (χ0) is 20.5. The fraction of sp³-hybridized carbons (Fsp3) is 0.391. The molecular formula is C23H29BrN2O2. The van der Waals surface area contributed by atoms with E-state index in [1.165, 1.54) is 0 Å². The van der Waals surface area contributed by atoms with Crippen LogP contribution in [0.5, 0.6) is 0 Å². The summed E-state index contributed by atoms with van der Waals surface area (Å²) in [6, 6.07) is 15.2. The van der Waals surface area contributed by atoms with Gasteiger partial charge in [-0.25, -0.2) is 0 Å². The molecule has 2 aromatic rings. The van der Waals surface area contributed by atoms with Gasteiger partial charge in [-0.15, -0.1) is 0 Å². The van der Waals surface area contributed by atoms with Gasteiger partial charge in [-0.1, -0.05) is 71.2 Å². The van der Waals surface area contributed by atoms with Crippen LogP contribution >= 0.6 is 15.9 Å². The highest BCUT2D eigenvalue weighted by atomic mass is 79.9.